The minimum atomic E-state index is -0.536. The molecule has 4 aromatic rings. The molecule has 0 fully saturated rings. The van der Waals surface area contributed by atoms with E-state index >= 15 is 0 Å². The van der Waals surface area contributed by atoms with Crippen LogP contribution in [0.2, 0.25) is 0 Å². The highest BCUT2D eigenvalue weighted by molar-refractivity contribution is 7.99. The molecular weight excluding hydrogens is 466 g/mol. The van der Waals surface area contributed by atoms with Gasteiger partial charge in [0, 0.05) is 12.2 Å². The highest BCUT2D eigenvalue weighted by Gasteiger charge is 2.30. The van der Waals surface area contributed by atoms with E-state index in [4.69, 9.17) is 9.72 Å². The van der Waals surface area contributed by atoms with Crippen molar-refractivity contribution in [3.63, 3.8) is 0 Å². The maximum atomic E-state index is 13.4. The summed E-state index contributed by atoms with van der Waals surface area (Å²) in [5.74, 6) is -0.304. The number of hydrogen-bond donors (Lipinski definition) is 1. The number of nitrogens with zero attached hydrogens (tertiary/aromatic N) is 4. The number of thioether (sulfide) groups is 1. The summed E-state index contributed by atoms with van der Waals surface area (Å²) in [5.41, 5.74) is 4.04. The second kappa shape index (κ2) is 9.03. The van der Waals surface area contributed by atoms with E-state index in [1.807, 2.05) is 32.0 Å². The molecule has 1 N–H and O–H groups in total. The van der Waals surface area contributed by atoms with E-state index in [0.717, 1.165) is 11.3 Å². The second-order valence-corrected chi connectivity index (χ2v) is 9.37. The van der Waals surface area contributed by atoms with Crippen LogP contribution in [0.1, 0.15) is 33.9 Å². The molecule has 10 heteroatoms. The average molecular weight is 490 g/mol. The number of carbonyl (C=O) groups is 2. The lowest BCUT2D eigenvalue weighted by molar-refractivity contribution is -0.116. The van der Waals surface area contributed by atoms with E-state index in [1.165, 1.54) is 30.6 Å². The van der Waals surface area contributed by atoms with Crippen molar-refractivity contribution >= 4 is 40.4 Å². The van der Waals surface area contributed by atoms with Crippen LogP contribution in [0.25, 0.3) is 16.7 Å². The molecule has 1 aliphatic rings. The predicted molar refractivity (Wildman–Crippen MR) is 133 cm³/mol. The molecule has 2 aromatic heterocycles. The van der Waals surface area contributed by atoms with Crippen molar-refractivity contribution in [3.05, 3.63) is 75.7 Å². The topological polar surface area (TPSA) is 108 Å². The first kappa shape index (κ1) is 22.9. The van der Waals surface area contributed by atoms with Gasteiger partial charge in [-0.05, 0) is 49.2 Å². The summed E-state index contributed by atoms with van der Waals surface area (Å²) in [7, 11) is 1.29. The number of aryl methyl sites for hydroxylation is 2. The zero-order valence-corrected chi connectivity index (χ0v) is 20.3. The van der Waals surface area contributed by atoms with Crippen LogP contribution in [0.3, 0.4) is 0 Å². The molecule has 1 atom stereocenters. The number of methoxy groups -OCH3 is 1. The van der Waals surface area contributed by atoms with E-state index < -0.39 is 5.97 Å². The molecule has 0 spiro atoms. The third kappa shape index (κ3) is 4.10. The maximum Gasteiger partial charge on any atom is 0.339 e. The zero-order valence-electron chi connectivity index (χ0n) is 19.4. The van der Waals surface area contributed by atoms with Crippen molar-refractivity contribution in [3.8, 4) is 5.69 Å². The third-order valence-electron chi connectivity index (χ3n) is 6.13. The third-order valence-corrected chi connectivity index (χ3v) is 7.23. The lowest BCUT2D eigenvalue weighted by Crippen LogP contribution is -2.28. The Morgan fingerprint density at radius 2 is 1.97 bits per heavy atom. The molecule has 1 amide bonds. The normalized spacial score (nSPS) is 14.7. The first-order valence-corrected chi connectivity index (χ1v) is 12.0. The fourth-order valence-electron chi connectivity index (χ4n) is 4.12. The van der Waals surface area contributed by atoms with Crippen molar-refractivity contribution in [2.45, 2.75) is 31.5 Å². The smallest absolute Gasteiger partial charge is 0.339 e. The Hall–Kier alpha value is -3.92. The van der Waals surface area contributed by atoms with Gasteiger partial charge < -0.3 is 10.1 Å². The van der Waals surface area contributed by atoms with Gasteiger partial charge in [-0.3, -0.25) is 14.2 Å². The predicted octanol–water partition coefficient (Wildman–Crippen LogP) is 3.66. The standard InChI is InChI=1S/C25H23N5O4S/c1-14-8-9-16(10-15(14)2)30-22-19(12-26-30)23(32)29-17(13-35-25(29)28-22)11-21(31)27-20-7-5-4-6-18(20)24(33)34-3/h4-10,12,17H,11,13H2,1-3H3,(H,27,31). The number of benzene rings is 2. The van der Waals surface area contributed by atoms with Crippen LogP contribution in [0.5, 0.6) is 0 Å². The Morgan fingerprint density at radius 1 is 1.17 bits per heavy atom. The number of fused-ring (bicyclic) bond motifs is 2. The molecule has 0 saturated heterocycles. The summed E-state index contributed by atoms with van der Waals surface area (Å²) in [6.45, 7) is 4.07. The summed E-state index contributed by atoms with van der Waals surface area (Å²) in [5, 5.41) is 8.15. The Morgan fingerprint density at radius 3 is 2.74 bits per heavy atom. The van der Waals surface area contributed by atoms with Crippen molar-refractivity contribution in [2.75, 3.05) is 18.2 Å². The first-order valence-electron chi connectivity index (χ1n) is 11.0. The summed E-state index contributed by atoms with van der Waals surface area (Å²) in [4.78, 5) is 42.9. The van der Waals surface area contributed by atoms with Crippen LogP contribution < -0.4 is 10.9 Å². The quantitative estimate of drug-likeness (QED) is 0.337. The lowest BCUT2D eigenvalue weighted by atomic mass is 10.1. The van der Waals surface area contributed by atoms with Gasteiger partial charge in [0.1, 0.15) is 5.39 Å². The van der Waals surface area contributed by atoms with Crippen molar-refractivity contribution in [1.29, 1.82) is 0 Å². The fourth-order valence-corrected chi connectivity index (χ4v) is 5.25. The zero-order chi connectivity index (χ0) is 24.7. The number of ether oxygens (including phenoxy) is 1. The number of hydrogen-bond acceptors (Lipinski definition) is 7. The summed E-state index contributed by atoms with van der Waals surface area (Å²) < 4.78 is 8.04. The molecular formula is C25H23N5O4S. The molecule has 0 saturated carbocycles. The number of rotatable bonds is 5. The fraction of sp³-hybridized carbons (Fsp3) is 0.240. The van der Waals surface area contributed by atoms with E-state index in [0.29, 0.717) is 27.6 Å². The van der Waals surface area contributed by atoms with Crippen LogP contribution in [0.4, 0.5) is 5.69 Å². The largest absolute Gasteiger partial charge is 0.465 e. The Labute approximate surface area is 205 Å². The number of amides is 1. The summed E-state index contributed by atoms with van der Waals surface area (Å²) in [6.07, 6.45) is 1.59. The number of carbonyl (C=O) groups excluding carboxylic acids is 2. The number of esters is 1. The van der Waals surface area contributed by atoms with Gasteiger partial charge in [-0.1, -0.05) is 30.0 Å². The van der Waals surface area contributed by atoms with Crippen molar-refractivity contribution in [2.24, 2.45) is 0 Å². The molecule has 0 bridgehead atoms. The Bertz CT molecular complexity index is 1540. The van der Waals surface area contributed by atoms with Crippen molar-refractivity contribution in [1.82, 2.24) is 19.3 Å². The lowest BCUT2D eigenvalue weighted by Gasteiger charge is -2.14. The molecule has 178 valence electrons. The van der Waals surface area contributed by atoms with E-state index in [2.05, 4.69) is 10.4 Å². The van der Waals surface area contributed by atoms with Gasteiger partial charge in [-0.15, -0.1) is 0 Å². The van der Waals surface area contributed by atoms with Crippen LogP contribution in [0.15, 0.2) is 58.6 Å². The highest BCUT2D eigenvalue weighted by Crippen LogP contribution is 2.34. The second-order valence-electron chi connectivity index (χ2n) is 8.39. The maximum absolute atomic E-state index is 13.4. The number of aromatic nitrogens is 4. The van der Waals surface area contributed by atoms with E-state index in [1.54, 1.807) is 33.5 Å². The molecule has 35 heavy (non-hydrogen) atoms. The average Bonchev–Trinajstić information content (AvgIpc) is 3.45. The highest BCUT2D eigenvalue weighted by atomic mass is 32.2. The molecule has 1 unspecified atom stereocenters. The SMILES string of the molecule is COC(=O)c1ccccc1NC(=O)CC1CSc2nc3c(cnn3-c3ccc(C)c(C)c3)c(=O)n21. The van der Waals surface area contributed by atoms with Crippen LogP contribution in [0, 0.1) is 13.8 Å². The molecule has 3 heterocycles. The van der Waals surface area contributed by atoms with Gasteiger partial charge in [-0.25, -0.2) is 14.5 Å². The van der Waals surface area contributed by atoms with E-state index in [-0.39, 0.29) is 29.5 Å². The van der Waals surface area contributed by atoms with Crippen LogP contribution >= 0.6 is 11.8 Å². The monoisotopic (exact) mass is 489 g/mol. The minimum absolute atomic E-state index is 0.0634. The molecule has 0 radical (unpaired) electrons. The van der Waals surface area contributed by atoms with Crippen LogP contribution in [-0.2, 0) is 9.53 Å². The molecule has 0 aliphatic carbocycles. The molecule has 5 rings (SSSR count). The number of nitrogens with one attached hydrogen (secondary N) is 1. The molecule has 1 aliphatic heterocycles. The summed E-state index contributed by atoms with van der Waals surface area (Å²) >= 11 is 1.43. The first-order chi connectivity index (χ1) is 16.9. The van der Waals surface area contributed by atoms with Crippen molar-refractivity contribution < 1.29 is 14.3 Å². The van der Waals surface area contributed by atoms with Gasteiger partial charge in [0.2, 0.25) is 5.91 Å². The van der Waals surface area contributed by atoms with Gasteiger partial charge in [0.05, 0.1) is 36.3 Å². The Balaban J connectivity index is 1.43. The van der Waals surface area contributed by atoms with E-state index in [9.17, 15) is 14.4 Å². The van der Waals surface area contributed by atoms with Crippen LogP contribution in [-0.4, -0.2) is 44.1 Å². The Kier molecular flexibility index (Phi) is 5.89. The minimum Gasteiger partial charge on any atom is -0.465 e. The summed E-state index contributed by atoms with van der Waals surface area (Å²) in [6, 6.07) is 12.3. The molecule has 2 aromatic carbocycles. The number of anilines is 1. The van der Waals surface area contributed by atoms with Gasteiger partial charge in [-0.2, -0.15) is 5.10 Å². The van der Waals surface area contributed by atoms with Gasteiger partial charge in [0.25, 0.3) is 5.56 Å². The molecule has 9 nitrogen and oxygen atoms in total. The van der Waals surface area contributed by atoms with Gasteiger partial charge >= 0.3 is 5.97 Å². The number of para-hydroxylation sites is 1. The van der Waals surface area contributed by atoms with Gasteiger partial charge in [0.15, 0.2) is 10.8 Å².